The van der Waals surface area contributed by atoms with Crippen LogP contribution in [0.1, 0.15) is 43.1 Å². The number of halogens is 1. The minimum absolute atomic E-state index is 0.0752. The summed E-state index contributed by atoms with van der Waals surface area (Å²) in [6.45, 7) is 2.08. The zero-order chi connectivity index (χ0) is 13.2. The van der Waals surface area contributed by atoms with Crippen molar-refractivity contribution in [2.45, 2.75) is 38.1 Å². The first-order valence-corrected chi connectivity index (χ1v) is 6.44. The van der Waals surface area contributed by atoms with Crippen LogP contribution in [-0.4, -0.2) is 16.4 Å². The Labute approximate surface area is 111 Å². The molecule has 1 saturated carbocycles. The topological polar surface area (TPSA) is 80.0 Å². The molecule has 6 heteroatoms. The van der Waals surface area contributed by atoms with Gasteiger partial charge in [0.25, 0.3) is 5.91 Å². The van der Waals surface area contributed by atoms with E-state index in [1.54, 1.807) is 12.1 Å². The molecule has 1 amide bonds. The van der Waals surface area contributed by atoms with Crippen LogP contribution in [0.25, 0.3) is 0 Å². The van der Waals surface area contributed by atoms with Crippen molar-refractivity contribution in [3.8, 4) is 0 Å². The molecule has 0 aromatic carbocycles. The second kappa shape index (κ2) is 5.12. The molecule has 0 saturated heterocycles. The van der Waals surface area contributed by atoms with E-state index in [2.05, 4.69) is 22.7 Å². The fourth-order valence-electron chi connectivity index (χ4n) is 2.15. The summed E-state index contributed by atoms with van der Waals surface area (Å²) in [4.78, 5) is 16.3. The van der Waals surface area contributed by atoms with Crippen LogP contribution in [0, 0.1) is 0 Å². The Kier molecular flexibility index (Phi) is 3.73. The number of aromatic nitrogens is 1. The van der Waals surface area contributed by atoms with Crippen molar-refractivity contribution in [1.29, 1.82) is 0 Å². The van der Waals surface area contributed by atoms with Gasteiger partial charge < -0.3 is 10.7 Å². The van der Waals surface area contributed by atoms with Crippen molar-refractivity contribution < 1.29 is 4.79 Å². The van der Waals surface area contributed by atoms with Gasteiger partial charge in [-0.15, -0.1) is 0 Å². The van der Waals surface area contributed by atoms with E-state index in [-0.39, 0.29) is 17.1 Å². The lowest BCUT2D eigenvalue weighted by Gasteiger charge is -2.41. The Morgan fingerprint density at radius 1 is 1.56 bits per heavy atom. The molecule has 0 bridgehead atoms. The number of amides is 1. The van der Waals surface area contributed by atoms with Crippen molar-refractivity contribution in [2.24, 2.45) is 5.84 Å². The molecular weight excluding hydrogens is 252 g/mol. The lowest BCUT2D eigenvalue weighted by Crippen LogP contribution is -2.53. The third kappa shape index (κ3) is 2.42. The van der Waals surface area contributed by atoms with Crippen LogP contribution in [-0.2, 0) is 0 Å². The summed E-state index contributed by atoms with van der Waals surface area (Å²) in [6, 6.07) is 3.23. The maximum atomic E-state index is 12.2. The van der Waals surface area contributed by atoms with Gasteiger partial charge in [-0.1, -0.05) is 18.5 Å². The fraction of sp³-hybridized carbons (Fsp3) is 0.500. The summed E-state index contributed by atoms with van der Waals surface area (Å²) in [6.07, 6.45) is 4.11. The Balaban J connectivity index is 2.18. The van der Waals surface area contributed by atoms with Crippen molar-refractivity contribution in [1.82, 2.24) is 10.3 Å². The number of anilines is 1. The highest BCUT2D eigenvalue weighted by Crippen LogP contribution is 2.35. The number of nitrogen functional groups attached to an aromatic ring is 1. The SMILES string of the molecule is CCC1(NC(=O)c2nc(NN)ccc2Cl)CCC1. The highest BCUT2D eigenvalue weighted by molar-refractivity contribution is 6.33. The number of nitrogens with two attached hydrogens (primary N) is 1. The number of nitrogens with one attached hydrogen (secondary N) is 2. The number of rotatable bonds is 4. The molecule has 98 valence electrons. The largest absolute Gasteiger partial charge is 0.345 e. The summed E-state index contributed by atoms with van der Waals surface area (Å²) in [7, 11) is 0. The third-order valence-corrected chi connectivity index (χ3v) is 3.88. The molecule has 18 heavy (non-hydrogen) atoms. The summed E-state index contributed by atoms with van der Waals surface area (Å²) in [5.74, 6) is 5.46. The second-order valence-corrected chi connectivity index (χ2v) is 5.02. The Morgan fingerprint density at radius 2 is 2.28 bits per heavy atom. The van der Waals surface area contributed by atoms with Gasteiger partial charge in [-0.3, -0.25) is 4.79 Å². The van der Waals surface area contributed by atoms with Gasteiger partial charge in [0.2, 0.25) is 0 Å². The molecular formula is C12H17ClN4O. The minimum Gasteiger partial charge on any atom is -0.345 e. The van der Waals surface area contributed by atoms with Crippen LogP contribution in [0.2, 0.25) is 5.02 Å². The van der Waals surface area contributed by atoms with Crippen LogP contribution in [0.5, 0.6) is 0 Å². The number of hydrazine groups is 1. The van der Waals surface area contributed by atoms with E-state index in [1.807, 2.05) is 0 Å². The van der Waals surface area contributed by atoms with E-state index in [0.29, 0.717) is 10.8 Å². The molecule has 1 aliphatic rings. The van der Waals surface area contributed by atoms with E-state index < -0.39 is 0 Å². The van der Waals surface area contributed by atoms with E-state index in [9.17, 15) is 4.79 Å². The molecule has 1 aromatic rings. The zero-order valence-electron chi connectivity index (χ0n) is 10.3. The summed E-state index contributed by atoms with van der Waals surface area (Å²) < 4.78 is 0. The summed E-state index contributed by atoms with van der Waals surface area (Å²) >= 11 is 5.99. The number of hydrogen-bond donors (Lipinski definition) is 3. The lowest BCUT2D eigenvalue weighted by atomic mass is 9.75. The maximum absolute atomic E-state index is 12.2. The van der Waals surface area contributed by atoms with Crippen molar-refractivity contribution >= 4 is 23.3 Å². The molecule has 4 N–H and O–H groups in total. The molecule has 0 radical (unpaired) electrons. The number of pyridine rings is 1. The molecule has 1 fully saturated rings. The van der Waals surface area contributed by atoms with Gasteiger partial charge in [0.15, 0.2) is 0 Å². The average Bonchev–Trinajstić information content (AvgIpc) is 2.34. The second-order valence-electron chi connectivity index (χ2n) is 4.61. The molecule has 1 aliphatic carbocycles. The van der Waals surface area contributed by atoms with Crippen molar-refractivity contribution in [3.63, 3.8) is 0 Å². The molecule has 5 nitrogen and oxygen atoms in total. The number of carbonyl (C=O) groups is 1. The monoisotopic (exact) mass is 268 g/mol. The highest BCUT2D eigenvalue weighted by atomic mass is 35.5. The number of nitrogens with zero attached hydrogens (tertiary/aromatic N) is 1. The van der Waals surface area contributed by atoms with Gasteiger partial charge in [0, 0.05) is 5.54 Å². The lowest BCUT2D eigenvalue weighted by molar-refractivity contribution is 0.0815. The van der Waals surface area contributed by atoms with E-state index in [4.69, 9.17) is 17.4 Å². The quantitative estimate of drug-likeness (QED) is 0.577. The molecule has 1 heterocycles. The van der Waals surface area contributed by atoms with E-state index in [0.717, 1.165) is 25.7 Å². The van der Waals surface area contributed by atoms with Gasteiger partial charge in [0.05, 0.1) is 5.02 Å². The molecule has 2 rings (SSSR count). The van der Waals surface area contributed by atoms with Gasteiger partial charge in [-0.2, -0.15) is 0 Å². The van der Waals surface area contributed by atoms with Gasteiger partial charge in [-0.05, 0) is 37.8 Å². The van der Waals surface area contributed by atoms with Gasteiger partial charge >= 0.3 is 0 Å². The standard InChI is InChI=1S/C12H17ClN4O/c1-2-12(6-3-7-12)16-11(18)10-8(13)4-5-9(15-10)17-14/h4-5H,2-3,6-7,14H2,1H3,(H,15,17)(H,16,18). The predicted octanol–water partition coefficient (Wildman–Crippen LogP) is 2.08. The van der Waals surface area contributed by atoms with Crippen LogP contribution in [0.4, 0.5) is 5.82 Å². The first-order chi connectivity index (χ1) is 8.60. The van der Waals surface area contributed by atoms with Crippen LogP contribution >= 0.6 is 11.6 Å². The Bertz CT molecular complexity index is 454. The minimum atomic E-state index is -0.237. The van der Waals surface area contributed by atoms with Crippen LogP contribution in [0.3, 0.4) is 0 Å². The molecule has 0 atom stereocenters. The smallest absolute Gasteiger partial charge is 0.271 e. The van der Waals surface area contributed by atoms with Crippen molar-refractivity contribution in [3.05, 3.63) is 22.8 Å². The molecule has 0 unspecified atom stereocenters. The Morgan fingerprint density at radius 3 is 2.78 bits per heavy atom. The van der Waals surface area contributed by atoms with E-state index in [1.165, 1.54) is 0 Å². The normalized spacial score (nSPS) is 16.8. The first kappa shape index (κ1) is 13.1. The maximum Gasteiger partial charge on any atom is 0.271 e. The summed E-state index contributed by atoms with van der Waals surface area (Å²) in [5.41, 5.74) is 2.54. The van der Waals surface area contributed by atoms with Crippen LogP contribution < -0.4 is 16.6 Å². The van der Waals surface area contributed by atoms with E-state index >= 15 is 0 Å². The van der Waals surface area contributed by atoms with Crippen molar-refractivity contribution in [2.75, 3.05) is 5.43 Å². The molecule has 0 aliphatic heterocycles. The summed E-state index contributed by atoms with van der Waals surface area (Å²) in [5, 5.41) is 3.36. The Hall–Kier alpha value is -1.33. The van der Waals surface area contributed by atoms with Gasteiger partial charge in [-0.25, -0.2) is 10.8 Å². The average molecular weight is 269 g/mol. The predicted molar refractivity (Wildman–Crippen MR) is 71.4 cm³/mol. The first-order valence-electron chi connectivity index (χ1n) is 6.06. The molecule has 1 aromatic heterocycles. The third-order valence-electron chi connectivity index (χ3n) is 3.58. The number of hydrogen-bond acceptors (Lipinski definition) is 4. The molecule has 0 spiro atoms. The number of carbonyl (C=O) groups excluding carboxylic acids is 1. The fourth-order valence-corrected chi connectivity index (χ4v) is 2.34. The highest BCUT2D eigenvalue weighted by Gasteiger charge is 2.37. The zero-order valence-corrected chi connectivity index (χ0v) is 11.0. The van der Waals surface area contributed by atoms with Gasteiger partial charge in [0.1, 0.15) is 11.5 Å². The van der Waals surface area contributed by atoms with Crippen LogP contribution in [0.15, 0.2) is 12.1 Å².